The van der Waals surface area contributed by atoms with Crippen LogP contribution >= 0.6 is 11.6 Å². The Kier molecular flexibility index (Phi) is 4.11. The minimum absolute atomic E-state index is 0.0174. The highest BCUT2D eigenvalue weighted by atomic mass is 35.5. The van der Waals surface area contributed by atoms with Crippen LogP contribution in [0.25, 0.3) is 0 Å². The van der Waals surface area contributed by atoms with Gasteiger partial charge in [0.15, 0.2) is 5.78 Å². The summed E-state index contributed by atoms with van der Waals surface area (Å²) in [4.78, 5) is 37.9. The minimum atomic E-state index is -0.787. The second kappa shape index (κ2) is 6.09. The lowest BCUT2D eigenvalue weighted by molar-refractivity contribution is 0.0642. The molecule has 0 aromatic heterocycles. The van der Waals surface area contributed by atoms with E-state index in [1.165, 1.54) is 19.1 Å². The van der Waals surface area contributed by atoms with Crippen molar-refractivity contribution >= 4 is 29.2 Å². The summed E-state index contributed by atoms with van der Waals surface area (Å²) in [5.41, 5.74) is 1.37. The normalized spacial score (nSPS) is 14.7. The first kappa shape index (κ1) is 16.2. The molecule has 0 saturated heterocycles. The molecule has 0 radical (unpaired) electrons. The van der Waals surface area contributed by atoms with Gasteiger partial charge < -0.3 is 5.11 Å². The lowest BCUT2D eigenvalue weighted by atomic mass is 10.0. The molecule has 0 bridgehead atoms. The van der Waals surface area contributed by atoms with E-state index in [9.17, 15) is 19.5 Å². The summed E-state index contributed by atoms with van der Waals surface area (Å²) in [5.74, 6) is -1.35. The number of ketones is 1. The Hall–Kier alpha value is -2.66. The zero-order valence-electron chi connectivity index (χ0n) is 12.8. The number of amides is 2. The number of carbonyl (C=O) groups excluding carboxylic acids is 3. The van der Waals surface area contributed by atoms with Gasteiger partial charge in [0, 0.05) is 0 Å². The van der Waals surface area contributed by atoms with Crippen LogP contribution in [0, 0.1) is 0 Å². The SMILES string of the molecule is CC(Cl)C(=O)c1cc(CN2C(=O)c3ccccc3C2=O)ccc1O. The number of aromatic hydroxyl groups is 1. The van der Waals surface area contributed by atoms with Gasteiger partial charge in [-0.3, -0.25) is 19.3 Å². The molecule has 1 atom stereocenters. The van der Waals surface area contributed by atoms with Crippen LogP contribution < -0.4 is 0 Å². The Bertz CT molecular complexity index is 825. The summed E-state index contributed by atoms with van der Waals surface area (Å²) in [6.07, 6.45) is 0. The number of phenols is 1. The Morgan fingerprint density at radius 3 is 2.25 bits per heavy atom. The molecule has 5 nitrogen and oxygen atoms in total. The molecule has 0 spiro atoms. The van der Waals surface area contributed by atoms with Gasteiger partial charge in [0.25, 0.3) is 11.8 Å². The highest BCUT2D eigenvalue weighted by Crippen LogP contribution is 2.26. The second-order valence-electron chi connectivity index (χ2n) is 5.57. The van der Waals surface area contributed by atoms with E-state index in [2.05, 4.69) is 0 Å². The van der Waals surface area contributed by atoms with Gasteiger partial charge >= 0.3 is 0 Å². The summed E-state index contributed by atoms with van der Waals surface area (Å²) in [5, 5.41) is 9.05. The molecule has 3 rings (SSSR count). The van der Waals surface area contributed by atoms with Gasteiger partial charge in [0.1, 0.15) is 5.75 Å². The second-order valence-corrected chi connectivity index (χ2v) is 6.23. The fourth-order valence-corrected chi connectivity index (χ4v) is 2.78. The number of fused-ring (bicyclic) bond motifs is 1. The van der Waals surface area contributed by atoms with Crippen molar-refractivity contribution in [2.75, 3.05) is 0 Å². The van der Waals surface area contributed by atoms with Crippen LogP contribution in [-0.2, 0) is 6.54 Å². The quantitative estimate of drug-likeness (QED) is 0.526. The zero-order chi connectivity index (χ0) is 17.4. The molecular formula is C18H14ClNO4. The topological polar surface area (TPSA) is 74.7 Å². The van der Waals surface area contributed by atoms with Crippen molar-refractivity contribution in [1.82, 2.24) is 4.90 Å². The summed E-state index contributed by atoms with van der Waals surface area (Å²) in [6.45, 7) is 1.53. The molecule has 1 heterocycles. The number of hydrogen-bond acceptors (Lipinski definition) is 4. The Morgan fingerprint density at radius 1 is 1.12 bits per heavy atom. The van der Waals surface area contributed by atoms with Crippen LogP contribution in [0.3, 0.4) is 0 Å². The minimum Gasteiger partial charge on any atom is -0.507 e. The average Bonchev–Trinajstić information content (AvgIpc) is 2.81. The molecule has 1 aliphatic heterocycles. The van der Waals surface area contributed by atoms with Crippen molar-refractivity contribution in [3.05, 3.63) is 64.7 Å². The van der Waals surface area contributed by atoms with E-state index in [4.69, 9.17) is 11.6 Å². The van der Waals surface area contributed by atoms with E-state index in [-0.39, 0.29) is 29.7 Å². The molecule has 2 aromatic rings. The van der Waals surface area contributed by atoms with Gasteiger partial charge in [-0.15, -0.1) is 11.6 Å². The van der Waals surface area contributed by atoms with Gasteiger partial charge in [-0.25, -0.2) is 0 Å². The fraction of sp³-hybridized carbons (Fsp3) is 0.167. The maximum Gasteiger partial charge on any atom is 0.261 e. The van der Waals surface area contributed by atoms with E-state index in [1.807, 2.05) is 0 Å². The number of carbonyl (C=O) groups is 3. The molecule has 0 aliphatic carbocycles. The van der Waals surface area contributed by atoms with Crippen LogP contribution in [0.4, 0.5) is 0 Å². The highest BCUT2D eigenvalue weighted by molar-refractivity contribution is 6.34. The molecule has 122 valence electrons. The summed E-state index contributed by atoms with van der Waals surface area (Å²) >= 11 is 5.79. The van der Waals surface area contributed by atoms with Gasteiger partial charge in [0.05, 0.1) is 28.6 Å². The van der Waals surface area contributed by atoms with Gasteiger partial charge in [-0.1, -0.05) is 18.2 Å². The van der Waals surface area contributed by atoms with Crippen molar-refractivity contribution < 1.29 is 19.5 Å². The van der Waals surface area contributed by atoms with Crippen molar-refractivity contribution in [3.63, 3.8) is 0 Å². The third-order valence-electron chi connectivity index (χ3n) is 3.91. The lowest BCUT2D eigenvalue weighted by Gasteiger charge is -2.15. The fourth-order valence-electron chi connectivity index (χ4n) is 2.66. The number of imide groups is 1. The molecule has 6 heteroatoms. The summed E-state index contributed by atoms with van der Waals surface area (Å²) in [7, 11) is 0. The zero-order valence-corrected chi connectivity index (χ0v) is 13.6. The van der Waals surface area contributed by atoms with Crippen LogP contribution in [0.1, 0.15) is 43.6 Å². The molecule has 2 amide bonds. The van der Waals surface area contributed by atoms with Crippen LogP contribution in [-0.4, -0.2) is 33.0 Å². The van der Waals surface area contributed by atoms with Crippen LogP contribution in [0.5, 0.6) is 5.75 Å². The van der Waals surface area contributed by atoms with Gasteiger partial charge in [-0.2, -0.15) is 0 Å². The Balaban J connectivity index is 1.91. The maximum atomic E-state index is 12.4. The van der Waals surface area contributed by atoms with E-state index in [1.54, 1.807) is 30.3 Å². The van der Waals surface area contributed by atoms with E-state index >= 15 is 0 Å². The third kappa shape index (κ3) is 2.67. The number of halogens is 1. The lowest BCUT2D eigenvalue weighted by Crippen LogP contribution is -2.29. The molecule has 2 aromatic carbocycles. The van der Waals surface area contributed by atoms with Crippen molar-refractivity contribution in [2.24, 2.45) is 0 Å². The predicted molar refractivity (Wildman–Crippen MR) is 88.4 cm³/mol. The van der Waals surface area contributed by atoms with Gasteiger partial charge in [0.2, 0.25) is 0 Å². The number of alkyl halides is 1. The first-order valence-electron chi connectivity index (χ1n) is 7.35. The van der Waals surface area contributed by atoms with Crippen molar-refractivity contribution in [2.45, 2.75) is 18.8 Å². The summed E-state index contributed by atoms with van der Waals surface area (Å²) in [6, 6.07) is 11.0. The maximum absolute atomic E-state index is 12.4. The summed E-state index contributed by atoms with van der Waals surface area (Å²) < 4.78 is 0. The Morgan fingerprint density at radius 2 is 1.71 bits per heavy atom. The number of hydrogen-bond donors (Lipinski definition) is 1. The van der Waals surface area contributed by atoms with Crippen molar-refractivity contribution in [1.29, 1.82) is 0 Å². The van der Waals surface area contributed by atoms with E-state index < -0.39 is 11.2 Å². The highest BCUT2D eigenvalue weighted by Gasteiger charge is 2.35. The standard InChI is InChI=1S/C18H14ClNO4/c1-10(19)16(22)14-8-11(6-7-15(14)21)9-20-17(23)12-4-2-3-5-13(12)18(20)24/h2-8,10,21H,9H2,1H3. The first-order chi connectivity index (χ1) is 11.4. The molecule has 1 N–H and O–H groups in total. The monoisotopic (exact) mass is 343 g/mol. The number of rotatable bonds is 4. The largest absolute Gasteiger partial charge is 0.507 e. The molecular weight excluding hydrogens is 330 g/mol. The number of Topliss-reactive ketones (excluding diaryl/α,β-unsaturated/α-hetero) is 1. The van der Waals surface area contributed by atoms with Crippen LogP contribution in [0.2, 0.25) is 0 Å². The molecule has 1 unspecified atom stereocenters. The van der Waals surface area contributed by atoms with Crippen molar-refractivity contribution in [3.8, 4) is 5.75 Å². The number of phenolic OH excluding ortho intramolecular Hbond substituents is 1. The predicted octanol–water partition coefficient (Wildman–Crippen LogP) is 3.00. The smallest absolute Gasteiger partial charge is 0.261 e. The third-order valence-corrected chi connectivity index (χ3v) is 4.10. The van der Waals surface area contributed by atoms with Gasteiger partial charge in [-0.05, 0) is 36.8 Å². The average molecular weight is 344 g/mol. The molecule has 24 heavy (non-hydrogen) atoms. The molecule has 0 fully saturated rings. The Labute approximate surface area is 143 Å². The first-order valence-corrected chi connectivity index (χ1v) is 7.79. The molecule has 0 saturated carbocycles. The number of benzene rings is 2. The number of nitrogens with zero attached hydrogens (tertiary/aromatic N) is 1. The molecule has 1 aliphatic rings. The van der Waals surface area contributed by atoms with Crippen LogP contribution in [0.15, 0.2) is 42.5 Å². The van der Waals surface area contributed by atoms with E-state index in [0.717, 1.165) is 4.90 Å². The van der Waals surface area contributed by atoms with E-state index in [0.29, 0.717) is 16.7 Å².